The molecule has 10 heteroatoms. The number of rotatable bonds is 5. The van der Waals surface area contributed by atoms with Gasteiger partial charge in [-0.05, 0) is 70.5 Å². The number of carbonyl (C=O) groups excluding carboxylic acids is 1. The monoisotopic (exact) mass is 429 g/mol. The van der Waals surface area contributed by atoms with Crippen LogP contribution >= 0.6 is 0 Å². The number of anilines is 1. The van der Waals surface area contributed by atoms with Crippen molar-refractivity contribution in [3.8, 4) is 0 Å². The summed E-state index contributed by atoms with van der Waals surface area (Å²) >= 11 is 0. The number of hydrogen-bond donors (Lipinski definition) is 2. The van der Waals surface area contributed by atoms with Crippen molar-refractivity contribution in [3.63, 3.8) is 0 Å². The van der Waals surface area contributed by atoms with Gasteiger partial charge in [-0.2, -0.15) is 0 Å². The summed E-state index contributed by atoms with van der Waals surface area (Å²) in [6.45, 7) is 8.89. The largest absolute Gasteiger partial charge is 0.466 e. The molecule has 0 radical (unpaired) electrons. The molecule has 30 heavy (non-hydrogen) atoms. The molecule has 0 atom stereocenters. The molecule has 2 aromatic rings. The minimum absolute atomic E-state index is 0.00474. The summed E-state index contributed by atoms with van der Waals surface area (Å²) in [6, 6.07) is 7.55. The van der Waals surface area contributed by atoms with Gasteiger partial charge in [0.05, 0.1) is 10.6 Å². The van der Waals surface area contributed by atoms with E-state index in [0.29, 0.717) is 22.6 Å². The van der Waals surface area contributed by atoms with E-state index in [1.807, 2.05) is 13.8 Å². The average Bonchev–Trinajstić information content (AvgIpc) is 2.82. The number of nitrogens with zero attached hydrogens (tertiary/aromatic N) is 3. The molecular formula is C20H23N5O4S. The molecule has 1 aromatic carbocycles. The normalized spacial score (nSPS) is 17.2. The van der Waals surface area contributed by atoms with E-state index in [1.54, 1.807) is 26.8 Å². The number of aromatic nitrogens is 2. The number of amides is 1. The first kappa shape index (κ1) is 21.4. The predicted molar refractivity (Wildman–Crippen MR) is 113 cm³/mol. The Bertz CT molecular complexity index is 1160. The lowest BCUT2D eigenvalue weighted by Crippen LogP contribution is -2.21. The van der Waals surface area contributed by atoms with Crippen molar-refractivity contribution in [3.05, 3.63) is 52.9 Å². The molecule has 1 amide bonds. The molecule has 158 valence electrons. The van der Waals surface area contributed by atoms with Gasteiger partial charge in [0, 0.05) is 11.4 Å². The zero-order valence-corrected chi connectivity index (χ0v) is 18.2. The van der Waals surface area contributed by atoms with Crippen LogP contribution in [0, 0.1) is 13.8 Å². The van der Waals surface area contributed by atoms with Crippen LogP contribution in [0.2, 0.25) is 0 Å². The van der Waals surface area contributed by atoms with Crippen LogP contribution in [-0.4, -0.2) is 35.8 Å². The minimum Gasteiger partial charge on any atom is -0.466 e. The second-order valence-electron chi connectivity index (χ2n) is 7.47. The molecule has 1 aromatic heterocycles. The number of benzene rings is 1. The Kier molecular flexibility index (Phi) is 5.38. The van der Waals surface area contributed by atoms with Gasteiger partial charge in [-0.25, -0.2) is 28.1 Å². The molecular weight excluding hydrogens is 406 g/mol. The first-order valence-corrected chi connectivity index (χ1v) is 10.6. The average molecular weight is 430 g/mol. The van der Waals surface area contributed by atoms with E-state index in [0.717, 1.165) is 0 Å². The maximum absolute atomic E-state index is 12.6. The Hall–Kier alpha value is -3.27. The minimum atomic E-state index is -3.88. The van der Waals surface area contributed by atoms with Crippen LogP contribution in [0.1, 0.15) is 32.2 Å². The molecule has 0 spiro atoms. The van der Waals surface area contributed by atoms with Gasteiger partial charge in [-0.3, -0.25) is 4.79 Å². The van der Waals surface area contributed by atoms with E-state index in [-0.39, 0.29) is 22.3 Å². The third-order valence-corrected chi connectivity index (χ3v) is 6.02. The molecule has 1 aliphatic heterocycles. The molecule has 0 fully saturated rings. The van der Waals surface area contributed by atoms with Crippen LogP contribution < -0.4 is 10.5 Å². The first-order valence-electron chi connectivity index (χ1n) is 9.13. The van der Waals surface area contributed by atoms with Crippen molar-refractivity contribution < 1.29 is 17.9 Å². The SMILES string of the molecule is CC1=C(C(N)=O)C(=Nc2ccc(S(=O)(=O)Nc3nc(C)cc(C)n3)cc2)OC1(C)C. The Balaban J connectivity index is 1.88. The van der Waals surface area contributed by atoms with Gasteiger partial charge in [0.15, 0.2) is 0 Å². The lowest BCUT2D eigenvalue weighted by molar-refractivity contribution is -0.114. The third-order valence-electron chi connectivity index (χ3n) is 4.68. The topological polar surface area (TPSA) is 137 Å². The van der Waals surface area contributed by atoms with E-state index in [1.165, 1.54) is 24.3 Å². The number of nitrogens with two attached hydrogens (primary N) is 1. The number of aryl methyl sites for hydroxylation is 2. The molecule has 1 aliphatic rings. The summed E-state index contributed by atoms with van der Waals surface area (Å²) in [5.41, 5.74) is 7.40. The van der Waals surface area contributed by atoms with Gasteiger partial charge >= 0.3 is 0 Å². The molecule has 0 saturated carbocycles. The van der Waals surface area contributed by atoms with E-state index < -0.39 is 21.5 Å². The Morgan fingerprint density at radius 2 is 1.67 bits per heavy atom. The summed E-state index contributed by atoms with van der Waals surface area (Å²) in [4.78, 5) is 24.3. The summed E-state index contributed by atoms with van der Waals surface area (Å²) in [7, 11) is -3.88. The van der Waals surface area contributed by atoms with Gasteiger partial charge in [0.25, 0.3) is 15.9 Å². The van der Waals surface area contributed by atoms with Gasteiger partial charge in [-0.1, -0.05) is 0 Å². The maximum atomic E-state index is 12.6. The van der Waals surface area contributed by atoms with Crippen molar-refractivity contribution in [2.45, 2.75) is 45.1 Å². The highest BCUT2D eigenvalue weighted by molar-refractivity contribution is 7.92. The molecule has 0 unspecified atom stereocenters. The van der Waals surface area contributed by atoms with Crippen LogP contribution in [0.3, 0.4) is 0 Å². The van der Waals surface area contributed by atoms with Gasteiger partial charge in [0.2, 0.25) is 11.8 Å². The number of aliphatic imine (C=N–C) groups is 1. The quantitative estimate of drug-likeness (QED) is 0.749. The zero-order chi connectivity index (χ0) is 22.3. The number of nitrogens with one attached hydrogen (secondary N) is 1. The van der Waals surface area contributed by atoms with Crippen LogP contribution in [0.25, 0.3) is 0 Å². The van der Waals surface area contributed by atoms with Crippen LogP contribution in [0.15, 0.2) is 51.4 Å². The van der Waals surface area contributed by atoms with Gasteiger partial charge in [-0.15, -0.1) is 0 Å². The van der Waals surface area contributed by atoms with Gasteiger partial charge < -0.3 is 10.5 Å². The van der Waals surface area contributed by atoms with Crippen molar-refractivity contribution in [2.24, 2.45) is 10.7 Å². The van der Waals surface area contributed by atoms with Crippen molar-refractivity contribution in [1.82, 2.24) is 9.97 Å². The molecule has 0 saturated heterocycles. The Morgan fingerprint density at radius 3 is 2.20 bits per heavy atom. The summed E-state index contributed by atoms with van der Waals surface area (Å²) in [5.74, 6) is -0.513. The molecule has 9 nitrogen and oxygen atoms in total. The smallest absolute Gasteiger partial charge is 0.264 e. The van der Waals surface area contributed by atoms with Crippen molar-refractivity contribution in [2.75, 3.05) is 4.72 Å². The Labute approximate surface area is 175 Å². The summed E-state index contributed by atoms with van der Waals surface area (Å²) in [5, 5.41) is 0. The maximum Gasteiger partial charge on any atom is 0.264 e. The Morgan fingerprint density at radius 1 is 1.10 bits per heavy atom. The molecule has 0 bridgehead atoms. The van der Waals surface area contributed by atoms with E-state index in [2.05, 4.69) is 19.7 Å². The second kappa shape index (κ2) is 7.52. The highest BCUT2D eigenvalue weighted by Crippen LogP contribution is 2.33. The number of ether oxygens (including phenoxy) is 1. The van der Waals surface area contributed by atoms with E-state index in [9.17, 15) is 13.2 Å². The second-order valence-corrected chi connectivity index (χ2v) is 9.15. The molecule has 3 N–H and O–H groups in total. The fourth-order valence-corrected chi connectivity index (χ4v) is 3.91. The number of hydrogen-bond acceptors (Lipinski definition) is 7. The lowest BCUT2D eigenvalue weighted by atomic mass is 9.97. The fraction of sp³-hybridized carbons (Fsp3) is 0.300. The van der Waals surface area contributed by atoms with Crippen molar-refractivity contribution in [1.29, 1.82) is 0 Å². The molecule has 2 heterocycles. The highest BCUT2D eigenvalue weighted by atomic mass is 32.2. The van der Waals surface area contributed by atoms with Crippen LogP contribution in [0.5, 0.6) is 0 Å². The van der Waals surface area contributed by atoms with Crippen LogP contribution in [0.4, 0.5) is 11.6 Å². The number of carbonyl (C=O) groups is 1. The molecule has 0 aliphatic carbocycles. The number of sulfonamides is 1. The summed E-state index contributed by atoms with van der Waals surface area (Å²) < 4.78 is 33.4. The predicted octanol–water partition coefficient (Wildman–Crippen LogP) is 2.53. The first-order chi connectivity index (χ1) is 13.9. The standard InChI is InChI=1S/C20H23N5O4S/c1-11-10-12(2)23-19(22-11)25-30(27,28)15-8-6-14(7-9-15)24-18-16(17(21)26)13(3)20(4,5)29-18/h6-10H,1-5H3,(H2,21,26)(H,22,23,25). The van der Waals surface area contributed by atoms with Crippen molar-refractivity contribution >= 4 is 33.5 Å². The van der Waals surface area contributed by atoms with E-state index >= 15 is 0 Å². The van der Waals surface area contributed by atoms with Crippen LogP contribution in [-0.2, 0) is 19.6 Å². The third kappa shape index (κ3) is 4.33. The zero-order valence-electron chi connectivity index (χ0n) is 17.3. The lowest BCUT2D eigenvalue weighted by Gasteiger charge is -2.19. The highest BCUT2D eigenvalue weighted by Gasteiger charge is 2.38. The van der Waals surface area contributed by atoms with Gasteiger partial charge in [0.1, 0.15) is 11.2 Å². The number of primary amides is 1. The van der Waals surface area contributed by atoms with E-state index in [4.69, 9.17) is 10.5 Å². The summed E-state index contributed by atoms with van der Waals surface area (Å²) in [6.07, 6.45) is 0. The molecule has 3 rings (SSSR count). The fourth-order valence-electron chi connectivity index (χ4n) is 2.97.